The molecule has 4 rings (SSSR count). The zero-order chi connectivity index (χ0) is 20.7. The molecule has 0 fully saturated rings. The van der Waals surface area contributed by atoms with E-state index in [1.165, 1.54) is 6.26 Å². The zero-order valence-electron chi connectivity index (χ0n) is 16.4. The van der Waals surface area contributed by atoms with Crippen molar-refractivity contribution < 1.29 is 19.1 Å². The van der Waals surface area contributed by atoms with Crippen molar-refractivity contribution in [3.05, 3.63) is 120 Å². The standard InChI is InChI=1S/C25H23NO4/c27-18-23(30-24-16-17-29-26-24)19-28-25(20-10-4-1-5-11-20,21-12-6-2-7-13-21)22-14-8-3-9-15-22/h1-17,23,27H,18-19H2. The number of hydrogen-bond acceptors (Lipinski definition) is 5. The highest BCUT2D eigenvalue weighted by molar-refractivity contribution is 5.47. The average molecular weight is 401 g/mol. The van der Waals surface area contributed by atoms with Crippen molar-refractivity contribution in [3.63, 3.8) is 0 Å². The van der Waals surface area contributed by atoms with Crippen LogP contribution in [0.25, 0.3) is 0 Å². The van der Waals surface area contributed by atoms with Gasteiger partial charge in [-0.15, -0.1) is 0 Å². The van der Waals surface area contributed by atoms with E-state index >= 15 is 0 Å². The van der Waals surface area contributed by atoms with Gasteiger partial charge in [-0.2, -0.15) is 0 Å². The summed E-state index contributed by atoms with van der Waals surface area (Å²) in [6, 6.07) is 31.8. The molecule has 5 heteroatoms. The maximum absolute atomic E-state index is 9.87. The van der Waals surface area contributed by atoms with Crippen LogP contribution in [-0.4, -0.2) is 29.6 Å². The number of aliphatic hydroxyl groups is 1. The topological polar surface area (TPSA) is 64.7 Å². The Labute approximate surface area is 175 Å². The molecule has 0 aliphatic heterocycles. The lowest BCUT2D eigenvalue weighted by Crippen LogP contribution is -2.38. The summed E-state index contributed by atoms with van der Waals surface area (Å²) in [5.41, 5.74) is 2.09. The number of benzene rings is 3. The van der Waals surface area contributed by atoms with E-state index in [1.807, 2.05) is 91.0 Å². The van der Waals surface area contributed by atoms with Crippen LogP contribution in [0.5, 0.6) is 5.88 Å². The SMILES string of the molecule is OCC(COC(c1ccccc1)(c1ccccc1)c1ccccc1)Oc1ccon1. The minimum atomic E-state index is -0.871. The zero-order valence-corrected chi connectivity index (χ0v) is 16.4. The molecule has 0 spiro atoms. The Morgan fingerprint density at radius 2 is 1.27 bits per heavy atom. The first-order chi connectivity index (χ1) is 14.8. The van der Waals surface area contributed by atoms with Gasteiger partial charge in [0.15, 0.2) is 0 Å². The Hall–Kier alpha value is -3.41. The molecule has 0 saturated heterocycles. The molecule has 0 aliphatic carbocycles. The van der Waals surface area contributed by atoms with Crippen molar-refractivity contribution in [1.82, 2.24) is 5.16 Å². The van der Waals surface area contributed by atoms with Crippen LogP contribution in [0, 0.1) is 0 Å². The van der Waals surface area contributed by atoms with Gasteiger partial charge in [-0.3, -0.25) is 0 Å². The van der Waals surface area contributed by atoms with E-state index in [9.17, 15) is 5.11 Å². The molecule has 0 aliphatic rings. The van der Waals surface area contributed by atoms with Gasteiger partial charge in [0.1, 0.15) is 18.0 Å². The minimum absolute atomic E-state index is 0.141. The van der Waals surface area contributed by atoms with Crippen LogP contribution in [0.1, 0.15) is 16.7 Å². The summed E-state index contributed by atoms with van der Waals surface area (Å²) in [6.07, 6.45) is 0.818. The largest absolute Gasteiger partial charge is 0.467 e. The first-order valence-corrected chi connectivity index (χ1v) is 9.81. The normalized spacial score (nSPS) is 12.4. The Morgan fingerprint density at radius 3 is 1.67 bits per heavy atom. The van der Waals surface area contributed by atoms with E-state index in [0.717, 1.165) is 16.7 Å². The van der Waals surface area contributed by atoms with Crippen LogP contribution in [0.2, 0.25) is 0 Å². The second-order valence-corrected chi connectivity index (χ2v) is 6.85. The van der Waals surface area contributed by atoms with Crippen LogP contribution in [-0.2, 0) is 10.3 Å². The second-order valence-electron chi connectivity index (χ2n) is 6.85. The third-order valence-electron chi connectivity index (χ3n) is 4.93. The monoisotopic (exact) mass is 401 g/mol. The van der Waals surface area contributed by atoms with Crippen molar-refractivity contribution in [3.8, 4) is 5.88 Å². The maximum atomic E-state index is 9.87. The van der Waals surface area contributed by atoms with Crippen LogP contribution in [0.15, 0.2) is 108 Å². The fourth-order valence-electron chi connectivity index (χ4n) is 3.54. The Morgan fingerprint density at radius 1 is 0.767 bits per heavy atom. The van der Waals surface area contributed by atoms with Gasteiger partial charge in [-0.05, 0) is 21.8 Å². The Balaban J connectivity index is 1.76. The number of aromatic nitrogens is 1. The quantitative estimate of drug-likeness (QED) is 0.421. The van der Waals surface area contributed by atoms with Crippen LogP contribution in [0.4, 0.5) is 0 Å². The molecule has 5 nitrogen and oxygen atoms in total. The van der Waals surface area contributed by atoms with Crippen molar-refractivity contribution in [2.45, 2.75) is 11.7 Å². The van der Waals surface area contributed by atoms with E-state index in [4.69, 9.17) is 14.0 Å². The van der Waals surface area contributed by atoms with Gasteiger partial charge in [-0.25, -0.2) is 0 Å². The molecular weight excluding hydrogens is 378 g/mol. The summed E-state index contributed by atoms with van der Waals surface area (Å²) < 4.78 is 17.2. The summed E-state index contributed by atoms with van der Waals surface area (Å²) in [5.74, 6) is 0.308. The van der Waals surface area contributed by atoms with Gasteiger partial charge >= 0.3 is 0 Å². The van der Waals surface area contributed by atoms with E-state index in [1.54, 1.807) is 6.07 Å². The Kier molecular flexibility index (Phi) is 6.23. The highest BCUT2D eigenvalue weighted by Crippen LogP contribution is 2.40. The summed E-state index contributed by atoms with van der Waals surface area (Å²) >= 11 is 0. The molecule has 1 unspecified atom stereocenters. The number of nitrogens with zero attached hydrogens (tertiary/aromatic N) is 1. The lowest BCUT2D eigenvalue weighted by Gasteiger charge is -2.36. The van der Waals surface area contributed by atoms with Gasteiger partial charge in [0.2, 0.25) is 0 Å². The first-order valence-electron chi connectivity index (χ1n) is 9.81. The van der Waals surface area contributed by atoms with E-state index < -0.39 is 11.7 Å². The maximum Gasteiger partial charge on any atom is 0.254 e. The summed E-state index contributed by atoms with van der Waals surface area (Å²) in [6.45, 7) is -0.0800. The predicted octanol–water partition coefficient (Wildman–Crippen LogP) is 4.42. The minimum Gasteiger partial charge on any atom is -0.467 e. The third kappa shape index (κ3) is 4.13. The molecule has 1 atom stereocenters. The fraction of sp³-hybridized carbons (Fsp3) is 0.160. The molecule has 0 saturated carbocycles. The van der Waals surface area contributed by atoms with E-state index in [0.29, 0.717) is 5.88 Å². The van der Waals surface area contributed by atoms with Gasteiger partial charge in [-0.1, -0.05) is 91.0 Å². The Bertz CT molecular complexity index is 908. The van der Waals surface area contributed by atoms with Crippen LogP contribution in [0.3, 0.4) is 0 Å². The molecule has 30 heavy (non-hydrogen) atoms. The lowest BCUT2D eigenvalue weighted by atomic mass is 9.80. The number of rotatable bonds is 9. The smallest absolute Gasteiger partial charge is 0.254 e. The molecule has 0 radical (unpaired) electrons. The number of aliphatic hydroxyl groups excluding tert-OH is 1. The summed E-state index contributed by atoms with van der Waals surface area (Å²) in [7, 11) is 0. The molecule has 0 amide bonds. The van der Waals surface area contributed by atoms with Crippen molar-refractivity contribution in [2.75, 3.05) is 13.2 Å². The van der Waals surface area contributed by atoms with Gasteiger partial charge in [0.05, 0.1) is 13.2 Å². The second kappa shape index (κ2) is 9.39. The molecule has 1 heterocycles. The molecule has 152 valence electrons. The highest BCUT2D eigenvalue weighted by Gasteiger charge is 2.38. The molecule has 0 bridgehead atoms. The van der Waals surface area contributed by atoms with Gasteiger partial charge in [0, 0.05) is 6.07 Å². The van der Waals surface area contributed by atoms with Crippen molar-refractivity contribution in [1.29, 1.82) is 0 Å². The summed E-state index contributed by atoms with van der Waals surface area (Å²) in [4.78, 5) is 0. The molecule has 3 aromatic carbocycles. The van der Waals surface area contributed by atoms with Gasteiger partial charge in [0.25, 0.3) is 5.88 Å². The summed E-state index contributed by atoms with van der Waals surface area (Å²) in [5, 5.41) is 13.6. The highest BCUT2D eigenvalue weighted by atomic mass is 16.6. The van der Waals surface area contributed by atoms with E-state index in [-0.39, 0.29) is 13.2 Å². The molecule has 1 N–H and O–H groups in total. The lowest BCUT2D eigenvalue weighted by molar-refractivity contribution is -0.0456. The van der Waals surface area contributed by atoms with Crippen LogP contribution < -0.4 is 4.74 Å². The van der Waals surface area contributed by atoms with E-state index in [2.05, 4.69) is 5.16 Å². The third-order valence-corrected chi connectivity index (χ3v) is 4.93. The first kappa shape index (κ1) is 19.9. The molecular formula is C25H23NO4. The number of ether oxygens (including phenoxy) is 2. The van der Waals surface area contributed by atoms with Crippen molar-refractivity contribution in [2.24, 2.45) is 0 Å². The predicted molar refractivity (Wildman–Crippen MR) is 113 cm³/mol. The average Bonchev–Trinajstić information content (AvgIpc) is 3.34. The molecule has 1 aromatic heterocycles. The van der Waals surface area contributed by atoms with Crippen LogP contribution >= 0.6 is 0 Å². The van der Waals surface area contributed by atoms with Crippen molar-refractivity contribution >= 4 is 0 Å². The number of hydrogen-bond donors (Lipinski definition) is 1. The molecule has 4 aromatic rings. The van der Waals surface area contributed by atoms with Gasteiger partial charge < -0.3 is 19.1 Å². The fourth-order valence-corrected chi connectivity index (χ4v) is 3.54.